The summed E-state index contributed by atoms with van der Waals surface area (Å²) in [6.07, 6.45) is 0. The van der Waals surface area contributed by atoms with Gasteiger partial charge in [0.15, 0.2) is 0 Å². The molecule has 0 atom stereocenters. The van der Waals surface area contributed by atoms with E-state index in [9.17, 15) is 43.9 Å². The third-order valence-electron chi connectivity index (χ3n) is 4.66. The van der Waals surface area contributed by atoms with Gasteiger partial charge in [0, 0.05) is 9.79 Å². The average Bonchev–Trinajstić information content (AvgIpc) is 2.91. The lowest BCUT2D eigenvalue weighted by molar-refractivity contribution is 0.332. The van der Waals surface area contributed by atoms with Gasteiger partial charge in [-0.1, -0.05) is 11.8 Å². The summed E-state index contributed by atoms with van der Waals surface area (Å²) in [6.45, 7) is 0. The highest BCUT2D eigenvalue weighted by Crippen LogP contribution is 2.36. The van der Waals surface area contributed by atoms with Crippen molar-refractivity contribution >= 4 is 11.8 Å². The summed E-state index contributed by atoms with van der Waals surface area (Å²) in [7, 11) is 0. The van der Waals surface area contributed by atoms with Gasteiger partial charge in [-0.3, -0.25) is 0 Å². The molecule has 0 saturated carbocycles. The highest BCUT2D eigenvalue weighted by Gasteiger charge is 2.28. The molecule has 0 heterocycles. The molecule has 0 bridgehead atoms. The maximum Gasteiger partial charge on any atom is 0.207 e. The van der Waals surface area contributed by atoms with Crippen LogP contribution in [0.2, 0.25) is 0 Å². The van der Waals surface area contributed by atoms with E-state index in [0.29, 0.717) is 9.79 Å². The molecular weight excluding hydrogens is 542 g/mol. The zero-order valence-corrected chi connectivity index (χ0v) is 18.4. The molecule has 0 radical (unpaired) electrons. The molecule has 0 aromatic heterocycles. The second kappa shape index (κ2) is 10.2. The van der Waals surface area contributed by atoms with Gasteiger partial charge in [0.05, 0.1) is 0 Å². The zero-order valence-electron chi connectivity index (χ0n) is 17.6. The molecule has 0 aliphatic rings. The van der Waals surface area contributed by atoms with Crippen molar-refractivity contribution in [2.45, 2.75) is 9.79 Å². The fourth-order valence-electron chi connectivity index (χ4n) is 2.87. The van der Waals surface area contributed by atoms with Gasteiger partial charge in [0.25, 0.3) is 0 Å². The highest BCUT2D eigenvalue weighted by atomic mass is 32.2. The van der Waals surface area contributed by atoms with Crippen LogP contribution in [-0.4, -0.2) is 0 Å². The molecule has 0 aliphatic carbocycles. The first kappa shape index (κ1) is 26.2. The number of hydrogen-bond acceptors (Lipinski definition) is 3. The Balaban J connectivity index is 1.47. The fourth-order valence-corrected chi connectivity index (χ4v) is 3.69. The van der Waals surface area contributed by atoms with Crippen molar-refractivity contribution in [1.29, 1.82) is 0 Å². The molecule has 0 amide bonds. The zero-order chi connectivity index (χ0) is 27.0. The third kappa shape index (κ3) is 5.03. The van der Waals surface area contributed by atoms with Crippen LogP contribution >= 0.6 is 11.8 Å². The summed E-state index contributed by atoms with van der Waals surface area (Å²) in [5, 5.41) is 0. The molecule has 4 aromatic rings. The van der Waals surface area contributed by atoms with E-state index in [0.717, 1.165) is 11.8 Å². The lowest BCUT2D eigenvalue weighted by atomic mass is 10.2. The normalized spacial score (nSPS) is 11.1. The monoisotopic (exact) mass is 550 g/mol. The van der Waals surface area contributed by atoms with Gasteiger partial charge >= 0.3 is 0 Å². The molecule has 0 fully saturated rings. The third-order valence-corrected chi connectivity index (χ3v) is 5.68. The van der Waals surface area contributed by atoms with Crippen molar-refractivity contribution in [3.63, 3.8) is 0 Å². The van der Waals surface area contributed by atoms with Crippen molar-refractivity contribution in [3.05, 3.63) is 107 Å². The molecule has 0 unspecified atom stereocenters. The van der Waals surface area contributed by atoms with E-state index in [1.807, 2.05) is 0 Å². The Labute approximate surface area is 205 Å². The van der Waals surface area contributed by atoms with Crippen LogP contribution in [0.25, 0.3) is 0 Å². The smallest absolute Gasteiger partial charge is 0.207 e. The van der Waals surface area contributed by atoms with Crippen molar-refractivity contribution in [2.24, 2.45) is 0 Å². The predicted molar refractivity (Wildman–Crippen MR) is 110 cm³/mol. The van der Waals surface area contributed by atoms with Gasteiger partial charge in [-0.05, 0) is 48.5 Å². The fraction of sp³-hybridized carbons (Fsp3) is 0. The SMILES string of the molecule is Fc1c(F)c(F)c(Oc2ccc(Sc3ccc(Oc4c(F)c(F)c(F)c(F)c4F)cc3)cc2)c(F)c1F. The van der Waals surface area contributed by atoms with Crippen LogP contribution in [0.4, 0.5) is 43.9 Å². The number of halogens is 10. The Morgan fingerprint density at radius 1 is 0.351 bits per heavy atom. The predicted octanol–water partition coefficient (Wildman–Crippen LogP) is 8.81. The first-order valence-electron chi connectivity index (χ1n) is 9.76. The molecule has 0 saturated heterocycles. The van der Waals surface area contributed by atoms with Gasteiger partial charge < -0.3 is 9.47 Å². The van der Waals surface area contributed by atoms with Crippen molar-refractivity contribution in [3.8, 4) is 23.0 Å². The van der Waals surface area contributed by atoms with Gasteiger partial charge in [-0.2, -0.15) is 17.6 Å². The second-order valence-corrected chi connectivity index (χ2v) is 8.19. The van der Waals surface area contributed by atoms with Crippen molar-refractivity contribution in [1.82, 2.24) is 0 Å². The molecule has 0 N–H and O–H groups in total. The van der Waals surface area contributed by atoms with E-state index in [-0.39, 0.29) is 11.5 Å². The Kier molecular flexibility index (Phi) is 7.25. The van der Waals surface area contributed by atoms with E-state index < -0.39 is 69.7 Å². The maximum absolute atomic E-state index is 13.8. The van der Waals surface area contributed by atoms with Crippen LogP contribution in [0.15, 0.2) is 58.3 Å². The summed E-state index contributed by atoms with van der Waals surface area (Å²) in [5.41, 5.74) is 0. The highest BCUT2D eigenvalue weighted by molar-refractivity contribution is 7.99. The van der Waals surface area contributed by atoms with Crippen LogP contribution in [0, 0.1) is 58.2 Å². The first-order valence-corrected chi connectivity index (χ1v) is 10.6. The van der Waals surface area contributed by atoms with Gasteiger partial charge in [-0.25, -0.2) is 26.3 Å². The quantitative estimate of drug-likeness (QED) is 0.136. The molecule has 37 heavy (non-hydrogen) atoms. The van der Waals surface area contributed by atoms with E-state index in [1.54, 1.807) is 0 Å². The van der Waals surface area contributed by atoms with Crippen LogP contribution in [0.3, 0.4) is 0 Å². The van der Waals surface area contributed by atoms with Crippen LogP contribution in [0.5, 0.6) is 23.0 Å². The minimum absolute atomic E-state index is 0.237. The molecule has 0 spiro atoms. The average molecular weight is 550 g/mol. The topological polar surface area (TPSA) is 18.5 Å². The van der Waals surface area contributed by atoms with Crippen LogP contribution in [0.1, 0.15) is 0 Å². The van der Waals surface area contributed by atoms with E-state index in [2.05, 4.69) is 0 Å². The standard InChI is InChI=1S/C24H8F10O2S/c25-13-15(27)19(31)23(20(32)16(13)28)35-9-1-5-11(6-2-9)37-12-7-3-10(4-8-12)36-24-21(33)17(29)14(26)18(30)22(24)34/h1-8H. The lowest BCUT2D eigenvalue weighted by Crippen LogP contribution is -2.04. The van der Waals surface area contributed by atoms with Crippen LogP contribution < -0.4 is 9.47 Å². The lowest BCUT2D eigenvalue weighted by Gasteiger charge is -2.11. The molecule has 13 heteroatoms. The van der Waals surface area contributed by atoms with E-state index in [4.69, 9.17) is 9.47 Å². The second-order valence-electron chi connectivity index (χ2n) is 7.05. The van der Waals surface area contributed by atoms with Crippen molar-refractivity contribution < 1.29 is 53.4 Å². The summed E-state index contributed by atoms with van der Waals surface area (Å²) in [6, 6.07) is 10.4. The number of hydrogen-bond donors (Lipinski definition) is 0. The number of ether oxygens (including phenoxy) is 2. The van der Waals surface area contributed by atoms with Gasteiger partial charge in [-0.15, -0.1) is 0 Å². The molecule has 4 aromatic carbocycles. The Morgan fingerprint density at radius 3 is 0.865 bits per heavy atom. The van der Waals surface area contributed by atoms with E-state index in [1.165, 1.54) is 48.5 Å². The minimum Gasteiger partial charge on any atom is -0.451 e. The minimum atomic E-state index is -2.32. The summed E-state index contributed by atoms with van der Waals surface area (Å²) >= 11 is 1.10. The first-order chi connectivity index (χ1) is 17.5. The summed E-state index contributed by atoms with van der Waals surface area (Å²) in [4.78, 5) is 1.02. The summed E-state index contributed by atoms with van der Waals surface area (Å²) in [5.74, 6) is -25.2. The molecule has 0 aliphatic heterocycles. The van der Waals surface area contributed by atoms with Gasteiger partial charge in [0.1, 0.15) is 11.5 Å². The molecule has 192 valence electrons. The van der Waals surface area contributed by atoms with Crippen LogP contribution in [-0.2, 0) is 0 Å². The van der Waals surface area contributed by atoms with Gasteiger partial charge in [0.2, 0.25) is 69.7 Å². The Hall–Kier alpha value is -3.87. The Bertz CT molecular complexity index is 1320. The number of rotatable bonds is 6. The summed E-state index contributed by atoms with van der Waals surface area (Å²) < 4.78 is 144. The van der Waals surface area contributed by atoms with Crippen molar-refractivity contribution in [2.75, 3.05) is 0 Å². The van der Waals surface area contributed by atoms with E-state index >= 15 is 0 Å². The Morgan fingerprint density at radius 2 is 0.595 bits per heavy atom. The molecule has 2 nitrogen and oxygen atoms in total. The number of benzene rings is 4. The molecule has 4 rings (SSSR count). The maximum atomic E-state index is 13.8. The largest absolute Gasteiger partial charge is 0.451 e. The molecular formula is C24H8F10O2S.